The standard InChI is InChI=1S/C45H61N7OS/c1-7-12-16-21-35-24-26-37(27-25-35)48-51-45-43(36-22-17-15-18-23-36)38(30-46)44(54-45)50-49-40-29-42(53-6)41(28-39(40)47)52(31-33(10-4)19-13-8-2)32-34(11-5)20-14-9-3/h15,17-18,22-29,33-34H,7-14,16,19-21,31-32,47H2,1-6H3. The van der Waals surface area contributed by atoms with Crippen LogP contribution in [0.5, 0.6) is 5.75 Å². The second-order valence-corrected chi connectivity index (χ2v) is 15.3. The lowest BCUT2D eigenvalue weighted by atomic mass is 9.95. The number of hydrogen-bond acceptors (Lipinski definition) is 9. The number of nitrogens with two attached hydrogens (primary N) is 1. The number of anilines is 2. The lowest BCUT2D eigenvalue weighted by molar-refractivity contribution is 0.390. The SMILES string of the molecule is CCCCCc1ccc(N=Nc2sc(N=Nc3cc(OC)c(N(CC(CC)CCCC)CC(CC)CCCC)cc3N)c(C#N)c2-c2ccccc2)cc1. The van der Waals surface area contributed by atoms with Gasteiger partial charge in [0.05, 0.1) is 24.2 Å². The predicted octanol–water partition coefficient (Wildman–Crippen LogP) is 14.7. The van der Waals surface area contributed by atoms with Gasteiger partial charge in [-0.25, -0.2) is 0 Å². The summed E-state index contributed by atoms with van der Waals surface area (Å²) in [5, 5.41) is 30.0. The highest BCUT2D eigenvalue weighted by Gasteiger charge is 2.23. The van der Waals surface area contributed by atoms with E-state index in [2.05, 4.69) is 78.2 Å². The Morgan fingerprint density at radius 3 is 1.96 bits per heavy atom. The molecule has 9 heteroatoms. The quantitative estimate of drug-likeness (QED) is 0.0462. The summed E-state index contributed by atoms with van der Waals surface area (Å²) in [6.45, 7) is 13.2. The zero-order valence-electron chi connectivity index (χ0n) is 33.5. The number of ether oxygens (including phenoxy) is 1. The largest absolute Gasteiger partial charge is 0.494 e. The molecule has 288 valence electrons. The summed E-state index contributed by atoms with van der Waals surface area (Å²) in [5.74, 6) is 1.89. The number of nitrogen functional groups attached to an aromatic ring is 1. The van der Waals surface area contributed by atoms with Crippen LogP contribution in [-0.4, -0.2) is 20.2 Å². The maximum absolute atomic E-state index is 10.4. The van der Waals surface area contributed by atoms with Gasteiger partial charge >= 0.3 is 0 Å². The zero-order valence-corrected chi connectivity index (χ0v) is 34.3. The van der Waals surface area contributed by atoms with Gasteiger partial charge in [-0.1, -0.05) is 140 Å². The van der Waals surface area contributed by atoms with E-state index in [-0.39, 0.29) is 0 Å². The Hall–Kier alpha value is -4.55. The number of azo groups is 2. The van der Waals surface area contributed by atoms with Crippen LogP contribution in [0.4, 0.5) is 32.8 Å². The van der Waals surface area contributed by atoms with Crippen LogP contribution in [0.25, 0.3) is 11.1 Å². The first-order chi connectivity index (χ1) is 26.4. The lowest BCUT2D eigenvalue weighted by Gasteiger charge is -2.33. The van der Waals surface area contributed by atoms with Crippen molar-refractivity contribution < 1.29 is 4.74 Å². The molecule has 0 fully saturated rings. The van der Waals surface area contributed by atoms with Crippen molar-refractivity contribution in [2.75, 3.05) is 30.8 Å². The topological polar surface area (TPSA) is 112 Å². The van der Waals surface area contributed by atoms with E-state index in [1.54, 1.807) is 7.11 Å². The summed E-state index contributed by atoms with van der Waals surface area (Å²) in [7, 11) is 1.70. The molecule has 0 saturated heterocycles. The minimum Gasteiger partial charge on any atom is -0.494 e. The molecular weight excluding hydrogens is 687 g/mol. The molecular formula is C45H61N7OS. The Bertz CT molecular complexity index is 1790. The zero-order chi connectivity index (χ0) is 38.7. The summed E-state index contributed by atoms with van der Waals surface area (Å²) >= 11 is 1.29. The molecule has 0 radical (unpaired) electrons. The van der Waals surface area contributed by atoms with Crippen LogP contribution in [0.2, 0.25) is 0 Å². The molecule has 0 spiro atoms. The van der Waals surface area contributed by atoms with E-state index in [0.717, 1.165) is 55.0 Å². The second kappa shape index (κ2) is 22.6. The van der Waals surface area contributed by atoms with Crippen LogP contribution < -0.4 is 15.4 Å². The number of aryl methyl sites for hydroxylation is 1. The molecule has 2 N–H and O–H groups in total. The second-order valence-electron chi connectivity index (χ2n) is 14.3. The first kappa shape index (κ1) is 42.2. The molecule has 8 nitrogen and oxygen atoms in total. The molecule has 0 bridgehead atoms. The van der Waals surface area contributed by atoms with E-state index < -0.39 is 0 Å². The van der Waals surface area contributed by atoms with E-state index in [4.69, 9.17) is 10.5 Å². The number of rotatable bonds is 23. The number of nitriles is 1. The summed E-state index contributed by atoms with van der Waals surface area (Å²) in [4.78, 5) is 2.50. The summed E-state index contributed by atoms with van der Waals surface area (Å²) < 4.78 is 6.02. The maximum atomic E-state index is 10.4. The number of nitrogens with zero attached hydrogens (tertiary/aromatic N) is 6. The third-order valence-electron chi connectivity index (χ3n) is 10.3. The molecule has 0 amide bonds. The van der Waals surface area contributed by atoms with Crippen molar-refractivity contribution in [3.8, 4) is 22.9 Å². The van der Waals surface area contributed by atoms with Gasteiger partial charge in [0, 0.05) is 24.7 Å². The monoisotopic (exact) mass is 747 g/mol. The Morgan fingerprint density at radius 2 is 1.39 bits per heavy atom. The van der Waals surface area contributed by atoms with Crippen LogP contribution in [-0.2, 0) is 6.42 Å². The smallest absolute Gasteiger partial charge is 0.159 e. The molecule has 2 unspecified atom stereocenters. The van der Waals surface area contributed by atoms with Gasteiger partial charge in [-0.2, -0.15) is 5.26 Å². The first-order valence-corrected chi connectivity index (χ1v) is 21.0. The third kappa shape index (κ3) is 12.0. The molecule has 0 aliphatic rings. The minimum atomic E-state index is 0.402. The van der Waals surface area contributed by atoms with Crippen molar-refractivity contribution >= 4 is 44.1 Å². The van der Waals surface area contributed by atoms with Crippen LogP contribution >= 0.6 is 11.3 Å². The van der Waals surface area contributed by atoms with Crippen LogP contribution in [0.3, 0.4) is 0 Å². The average molecular weight is 748 g/mol. The van der Waals surface area contributed by atoms with Crippen molar-refractivity contribution in [3.63, 3.8) is 0 Å². The first-order valence-electron chi connectivity index (χ1n) is 20.2. The van der Waals surface area contributed by atoms with E-state index >= 15 is 0 Å². The molecule has 54 heavy (non-hydrogen) atoms. The highest BCUT2D eigenvalue weighted by molar-refractivity contribution is 7.20. The van der Waals surface area contributed by atoms with Gasteiger partial charge in [-0.15, -0.1) is 20.5 Å². The lowest BCUT2D eigenvalue weighted by Crippen LogP contribution is -2.34. The summed E-state index contributed by atoms with van der Waals surface area (Å²) in [6.07, 6.45) is 14.2. The Balaban J connectivity index is 1.70. The normalized spacial score (nSPS) is 12.7. The van der Waals surface area contributed by atoms with Gasteiger partial charge in [0.15, 0.2) is 5.00 Å². The van der Waals surface area contributed by atoms with Crippen molar-refractivity contribution in [2.45, 2.75) is 112 Å². The highest BCUT2D eigenvalue weighted by Crippen LogP contribution is 2.48. The number of thiophene rings is 1. The van der Waals surface area contributed by atoms with Crippen molar-refractivity contribution in [2.24, 2.45) is 32.3 Å². The van der Waals surface area contributed by atoms with E-state index in [1.807, 2.05) is 54.6 Å². The summed E-state index contributed by atoms with van der Waals surface area (Å²) in [6, 6.07) is 24.3. The van der Waals surface area contributed by atoms with Crippen molar-refractivity contribution in [1.82, 2.24) is 0 Å². The molecule has 4 aromatic rings. The fourth-order valence-corrected chi connectivity index (χ4v) is 7.75. The number of unbranched alkanes of at least 4 members (excludes halogenated alkanes) is 4. The molecule has 1 aromatic heterocycles. The van der Waals surface area contributed by atoms with Crippen molar-refractivity contribution in [3.05, 3.63) is 77.9 Å². The molecule has 3 aromatic carbocycles. The van der Waals surface area contributed by atoms with Crippen LogP contribution in [0, 0.1) is 23.2 Å². The molecule has 0 aliphatic heterocycles. The van der Waals surface area contributed by atoms with E-state index in [1.165, 1.54) is 74.7 Å². The van der Waals surface area contributed by atoms with Gasteiger partial charge in [0.25, 0.3) is 0 Å². The maximum Gasteiger partial charge on any atom is 0.159 e. The Kier molecular flexibility index (Phi) is 17.7. The molecule has 1 heterocycles. The third-order valence-corrected chi connectivity index (χ3v) is 11.2. The molecule has 4 rings (SSSR count). The Morgan fingerprint density at radius 1 is 0.759 bits per heavy atom. The summed E-state index contributed by atoms with van der Waals surface area (Å²) in [5.41, 5.74) is 12.8. The van der Waals surface area contributed by atoms with E-state index in [9.17, 15) is 5.26 Å². The van der Waals surface area contributed by atoms with Gasteiger partial charge in [-0.05, 0) is 66.8 Å². The van der Waals surface area contributed by atoms with Crippen LogP contribution in [0.1, 0.15) is 116 Å². The van der Waals surface area contributed by atoms with Crippen molar-refractivity contribution in [1.29, 1.82) is 5.26 Å². The van der Waals surface area contributed by atoms with E-state index in [0.29, 0.717) is 44.3 Å². The minimum absolute atomic E-state index is 0.402. The molecule has 0 aliphatic carbocycles. The molecule has 2 atom stereocenters. The number of methoxy groups -OCH3 is 1. The number of benzene rings is 3. The molecule has 0 saturated carbocycles. The van der Waals surface area contributed by atoms with Crippen LogP contribution in [0.15, 0.2) is 87.2 Å². The predicted molar refractivity (Wildman–Crippen MR) is 229 cm³/mol. The fourth-order valence-electron chi connectivity index (χ4n) is 6.84. The fraction of sp³-hybridized carbons (Fsp3) is 0.489. The van der Waals surface area contributed by atoms with Gasteiger partial charge in [-0.3, -0.25) is 0 Å². The average Bonchev–Trinajstić information content (AvgIpc) is 3.57. The Labute approximate surface area is 328 Å². The van der Waals surface area contributed by atoms with Gasteiger partial charge in [0.1, 0.15) is 28.1 Å². The van der Waals surface area contributed by atoms with Gasteiger partial charge < -0.3 is 15.4 Å². The number of hydrogen-bond donors (Lipinski definition) is 1. The van der Waals surface area contributed by atoms with Gasteiger partial charge in [0.2, 0.25) is 0 Å². The highest BCUT2D eigenvalue weighted by atomic mass is 32.1.